The topological polar surface area (TPSA) is 17.1 Å². The lowest BCUT2D eigenvalue weighted by Crippen LogP contribution is -2.05. The minimum atomic E-state index is 0.219. The van der Waals surface area contributed by atoms with Crippen LogP contribution in [0.2, 0.25) is 0 Å². The first kappa shape index (κ1) is 23.4. The van der Waals surface area contributed by atoms with Crippen molar-refractivity contribution in [2.45, 2.75) is 124 Å². The van der Waals surface area contributed by atoms with Crippen LogP contribution in [-0.2, 0) is 4.79 Å². The summed E-state index contributed by atoms with van der Waals surface area (Å²) in [5.41, 5.74) is 0. The van der Waals surface area contributed by atoms with Gasteiger partial charge in [0.2, 0.25) is 0 Å². The fourth-order valence-corrected chi connectivity index (χ4v) is 3.01. The van der Waals surface area contributed by atoms with Crippen LogP contribution in [0.4, 0.5) is 0 Å². The molecule has 0 unspecified atom stereocenters. The van der Waals surface area contributed by atoms with Gasteiger partial charge in [0.1, 0.15) is 5.78 Å². The van der Waals surface area contributed by atoms with Crippen LogP contribution in [0.3, 0.4) is 0 Å². The van der Waals surface area contributed by atoms with Gasteiger partial charge in [-0.15, -0.1) is 0 Å². The Morgan fingerprint density at radius 1 is 0.667 bits per heavy atom. The maximum absolute atomic E-state index is 11.5. The van der Waals surface area contributed by atoms with E-state index in [1.54, 1.807) is 0 Å². The quantitative estimate of drug-likeness (QED) is 0.183. The minimum Gasteiger partial charge on any atom is -0.299 e. The molecule has 0 aliphatic carbocycles. The largest absolute Gasteiger partial charge is 0.299 e. The first-order valence-electron chi connectivity index (χ1n) is 10.9. The number of Topliss-reactive ketones (excluding diaryl/α,β-unsaturated/α-hetero) is 1. The molecule has 142 valence electrons. The number of unbranched alkanes of at least 4 members (excludes halogenated alkanes) is 13. The average molecular weight is 337 g/mol. The maximum atomic E-state index is 11.5. The van der Waals surface area contributed by atoms with E-state index in [0.29, 0.717) is 5.78 Å². The standard InChI is InChI=1S/C23H44O/c1-4-5-6-7-8-9-10-11-12-13-14-15-16-17-18-19-20-21-23(24)22(2)3/h13-14,22H,4-12,15-21H2,1-3H3/b14-13-. The highest BCUT2D eigenvalue weighted by molar-refractivity contribution is 5.80. The van der Waals surface area contributed by atoms with Gasteiger partial charge in [0.05, 0.1) is 0 Å². The molecule has 0 radical (unpaired) electrons. The van der Waals surface area contributed by atoms with E-state index in [4.69, 9.17) is 0 Å². The van der Waals surface area contributed by atoms with Crippen LogP contribution in [0.5, 0.6) is 0 Å². The second-order valence-electron chi connectivity index (χ2n) is 7.66. The summed E-state index contributed by atoms with van der Waals surface area (Å²) >= 11 is 0. The smallest absolute Gasteiger partial charge is 0.135 e. The molecule has 24 heavy (non-hydrogen) atoms. The maximum Gasteiger partial charge on any atom is 0.135 e. The van der Waals surface area contributed by atoms with Gasteiger partial charge in [0, 0.05) is 12.3 Å². The number of allylic oxidation sites excluding steroid dienone is 2. The van der Waals surface area contributed by atoms with E-state index in [1.807, 2.05) is 13.8 Å². The van der Waals surface area contributed by atoms with Crippen molar-refractivity contribution in [3.63, 3.8) is 0 Å². The van der Waals surface area contributed by atoms with E-state index in [-0.39, 0.29) is 5.92 Å². The van der Waals surface area contributed by atoms with Crippen LogP contribution >= 0.6 is 0 Å². The Balaban J connectivity index is 3.15. The summed E-state index contributed by atoms with van der Waals surface area (Å²) in [4.78, 5) is 11.5. The molecule has 0 atom stereocenters. The number of hydrogen-bond donors (Lipinski definition) is 0. The molecule has 0 bridgehead atoms. The van der Waals surface area contributed by atoms with Gasteiger partial charge < -0.3 is 0 Å². The second kappa shape index (κ2) is 18.7. The molecule has 0 N–H and O–H groups in total. The third-order valence-corrected chi connectivity index (χ3v) is 4.83. The highest BCUT2D eigenvalue weighted by Crippen LogP contribution is 2.11. The lowest BCUT2D eigenvalue weighted by atomic mass is 10.0. The van der Waals surface area contributed by atoms with E-state index in [1.165, 1.54) is 89.9 Å². The molecule has 0 rings (SSSR count). The number of hydrogen-bond acceptors (Lipinski definition) is 1. The molecular formula is C23H44O. The third kappa shape index (κ3) is 17.8. The predicted octanol–water partition coefficient (Wildman–Crippen LogP) is 8.03. The Morgan fingerprint density at radius 2 is 1.08 bits per heavy atom. The van der Waals surface area contributed by atoms with Crippen LogP contribution in [-0.4, -0.2) is 5.78 Å². The van der Waals surface area contributed by atoms with E-state index in [2.05, 4.69) is 19.1 Å². The van der Waals surface area contributed by atoms with Crippen molar-refractivity contribution in [3.05, 3.63) is 12.2 Å². The highest BCUT2D eigenvalue weighted by atomic mass is 16.1. The Hall–Kier alpha value is -0.590. The predicted molar refractivity (Wildman–Crippen MR) is 109 cm³/mol. The van der Waals surface area contributed by atoms with Gasteiger partial charge in [-0.2, -0.15) is 0 Å². The molecule has 0 saturated carbocycles. The summed E-state index contributed by atoms with van der Waals surface area (Å²) in [5.74, 6) is 0.648. The SMILES string of the molecule is CCCCCCCCCC/C=C\CCCCCCCC(=O)C(C)C. The van der Waals surface area contributed by atoms with Gasteiger partial charge in [-0.1, -0.05) is 97.1 Å². The van der Waals surface area contributed by atoms with Crippen LogP contribution in [0.25, 0.3) is 0 Å². The van der Waals surface area contributed by atoms with E-state index in [0.717, 1.165) is 12.8 Å². The molecule has 0 aliphatic rings. The lowest BCUT2D eigenvalue weighted by Gasteiger charge is -2.03. The zero-order chi connectivity index (χ0) is 17.9. The summed E-state index contributed by atoms with van der Waals surface area (Å²) in [6.07, 6.45) is 25.6. The lowest BCUT2D eigenvalue weighted by molar-refractivity contribution is -0.122. The molecule has 0 aromatic rings. The second-order valence-corrected chi connectivity index (χ2v) is 7.66. The van der Waals surface area contributed by atoms with E-state index >= 15 is 0 Å². The van der Waals surface area contributed by atoms with E-state index in [9.17, 15) is 4.79 Å². The van der Waals surface area contributed by atoms with Crippen molar-refractivity contribution in [1.82, 2.24) is 0 Å². The Morgan fingerprint density at radius 3 is 1.54 bits per heavy atom. The molecule has 0 saturated heterocycles. The van der Waals surface area contributed by atoms with Gasteiger partial charge >= 0.3 is 0 Å². The molecule has 1 heteroatoms. The summed E-state index contributed by atoms with van der Waals surface area (Å²) in [7, 11) is 0. The molecule has 0 aliphatic heterocycles. The van der Waals surface area contributed by atoms with Crippen molar-refractivity contribution < 1.29 is 4.79 Å². The van der Waals surface area contributed by atoms with Crippen LogP contribution in [0.1, 0.15) is 124 Å². The van der Waals surface area contributed by atoms with Gasteiger partial charge in [-0.25, -0.2) is 0 Å². The first-order chi connectivity index (χ1) is 11.7. The number of carbonyl (C=O) groups excluding carboxylic acids is 1. The minimum absolute atomic E-state index is 0.219. The molecule has 1 nitrogen and oxygen atoms in total. The fraction of sp³-hybridized carbons (Fsp3) is 0.870. The Bertz CT molecular complexity index is 290. The number of rotatable bonds is 18. The van der Waals surface area contributed by atoms with Gasteiger partial charge in [0.15, 0.2) is 0 Å². The van der Waals surface area contributed by atoms with Crippen molar-refractivity contribution >= 4 is 5.78 Å². The molecule has 0 amide bonds. The van der Waals surface area contributed by atoms with Crippen molar-refractivity contribution in [3.8, 4) is 0 Å². The zero-order valence-corrected chi connectivity index (χ0v) is 17.0. The van der Waals surface area contributed by atoms with Gasteiger partial charge in [0.25, 0.3) is 0 Å². The molecule has 0 heterocycles. The summed E-state index contributed by atoms with van der Waals surface area (Å²) in [6, 6.07) is 0. The Kier molecular flexibility index (Phi) is 18.3. The molecule has 0 spiro atoms. The van der Waals surface area contributed by atoms with E-state index < -0.39 is 0 Å². The highest BCUT2D eigenvalue weighted by Gasteiger charge is 2.05. The molecule has 0 aromatic heterocycles. The molecule has 0 fully saturated rings. The zero-order valence-electron chi connectivity index (χ0n) is 17.0. The summed E-state index contributed by atoms with van der Waals surface area (Å²) < 4.78 is 0. The summed E-state index contributed by atoms with van der Waals surface area (Å²) in [6.45, 7) is 6.28. The van der Waals surface area contributed by atoms with Crippen molar-refractivity contribution in [1.29, 1.82) is 0 Å². The van der Waals surface area contributed by atoms with Crippen LogP contribution < -0.4 is 0 Å². The third-order valence-electron chi connectivity index (χ3n) is 4.83. The monoisotopic (exact) mass is 336 g/mol. The van der Waals surface area contributed by atoms with Crippen molar-refractivity contribution in [2.75, 3.05) is 0 Å². The molecular weight excluding hydrogens is 292 g/mol. The van der Waals surface area contributed by atoms with Crippen molar-refractivity contribution in [2.24, 2.45) is 5.92 Å². The van der Waals surface area contributed by atoms with Gasteiger partial charge in [-0.3, -0.25) is 4.79 Å². The normalized spacial score (nSPS) is 11.7. The van der Waals surface area contributed by atoms with Crippen LogP contribution in [0.15, 0.2) is 12.2 Å². The molecule has 0 aromatic carbocycles. The average Bonchev–Trinajstić information content (AvgIpc) is 2.57. The summed E-state index contributed by atoms with van der Waals surface area (Å²) in [5, 5.41) is 0. The Labute approximate surface area is 152 Å². The number of ketones is 1. The van der Waals surface area contributed by atoms with Crippen LogP contribution in [0, 0.1) is 5.92 Å². The van der Waals surface area contributed by atoms with Gasteiger partial charge in [-0.05, 0) is 32.1 Å². The first-order valence-corrected chi connectivity index (χ1v) is 10.9. The fourth-order valence-electron chi connectivity index (χ4n) is 3.01. The number of carbonyl (C=O) groups is 1.